The molecule has 17 heavy (non-hydrogen) atoms. The minimum absolute atomic E-state index is 0.661. The Morgan fingerprint density at radius 2 is 2.29 bits per heavy atom. The van der Waals surface area contributed by atoms with Crippen molar-refractivity contribution in [3.63, 3.8) is 0 Å². The molecule has 0 aromatic heterocycles. The fraction of sp³-hybridized carbons (Fsp3) is 0.643. The van der Waals surface area contributed by atoms with E-state index in [0.717, 1.165) is 55.9 Å². The van der Waals surface area contributed by atoms with E-state index in [1.807, 2.05) is 13.0 Å². The van der Waals surface area contributed by atoms with Crippen molar-refractivity contribution < 1.29 is 14.3 Å². The Labute approximate surface area is 102 Å². The van der Waals surface area contributed by atoms with Gasteiger partial charge in [-0.3, -0.25) is 4.79 Å². The molecule has 0 bridgehead atoms. The molecule has 94 valence electrons. The van der Waals surface area contributed by atoms with Crippen LogP contribution in [0.25, 0.3) is 0 Å². The zero-order valence-corrected chi connectivity index (χ0v) is 10.4. The molecule has 0 amide bonds. The first-order valence-electron chi connectivity index (χ1n) is 6.39. The molecule has 0 aromatic rings. The van der Waals surface area contributed by atoms with E-state index in [9.17, 15) is 4.79 Å². The minimum atomic E-state index is 0.661. The number of allylic oxidation sites excluding steroid dienone is 4. The highest BCUT2D eigenvalue weighted by molar-refractivity contribution is 5.74. The summed E-state index contributed by atoms with van der Waals surface area (Å²) in [6.07, 6.45) is 8.10. The van der Waals surface area contributed by atoms with Gasteiger partial charge in [0.25, 0.3) is 0 Å². The second-order valence-electron chi connectivity index (χ2n) is 4.79. The van der Waals surface area contributed by atoms with E-state index in [1.165, 1.54) is 6.42 Å². The second kappa shape index (κ2) is 6.01. The highest BCUT2D eigenvalue weighted by Crippen LogP contribution is 2.28. The molecule has 0 N–H and O–H groups in total. The van der Waals surface area contributed by atoms with Gasteiger partial charge in [-0.25, -0.2) is 0 Å². The molecule has 2 aliphatic heterocycles. The fourth-order valence-corrected chi connectivity index (χ4v) is 2.39. The Morgan fingerprint density at radius 3 is 3.06 bits per heavy atom. The molecule has 2 heterocycles. The molecule has 2 rings (SSSR count). The summed E-state index contributed by atoms with van der Waals surface area (Å²) in [5, 5.41) is 0. The summed E-state index contributed by atoms with van der Waals surface area (Å²) in [7, 11) is 0. The van der Waals surface area contributed by atoms with Crippen LogP contribution < -0.4 is 0 Å². The molecule has 0 aliphatic carbocycles. The SMILES string of the molecule is CC1=C(C=O)CC=C(CC2CCCOCC2)O1. The molecule has 0 spiro atoms. The highest BCUT2D eigenvalue weighted by atomic mass is 16.5. The smallest absolute Gasteiger partial charge is 0.149 e. The first kappa shape index (κ1) is 12.4. The Hall–Kier alpha value is -1.09. The lowest BCUT2D eigenvalue weighted by Gasteiger charge is -2.20. The van der Waals surface area contributed by atoms with E-state index in [0.29, 0.717) is 12.3 Å². The molecule has 3 heteroatoms. The van der Waals surface area contributed by atoms with Crippen LogP contribution in [0.3, 0.4) is 0 Å². The van der Waals surface area contributed by atoms with Gasteiger partial charge in [0.1, 0.15) is 17.8 Å². The number of hydrogen-bond acceptors (Lipinski definition) is 3. The average molecular weight is 236 g/mol. The molecular formula is C14H20O3. The van der Waals surface area contributed by atoms with Crippen LogP contribution >= 0.6 is 0 Å². The Morgan fingerprint density at radius 1 is 1.41 bits per heavy atom. The van der Waals surface area contributed by atoms with Gasteiger partial charge < -0.3 is 9.47 Å². The quantitative estimate of drug-likeness (QED) is 0.707. The van der Waals surface area contributed by atoms with Gasteiger partial charge in [-0.2, -0.15) is 0 Å². The molecule has 1 fully saturated rings. The van der Waals surface area contributed by atoms with Crippen LogP contribution in [0, 0.1) is 5.92 Å². The van der Waals surface area contributed by atoms with Crippen molar-refractivity contribution in [2.24, 2.45) is 5.92 Å². The number of carbonyl (C=O) groups excluding carboxylic acids is 1. The van der Waals surface area contributed by atoms with E-state index in [1.54, 1.807) is 0 Å². The number of hydrogen-bond donors (Lipinski definition) is 0. The van der Waals surface area contributed by atoms with E-state index in [-0.39, 0.29) is 0 Å². The first-order valence-corrected chi connectivity index (χ1v) is 6.39. The summed E-state index contributed by atoms with van der Waals surface area (Å²) in [5.74, 6) is 2.46. The standard InChI is InChI=1S/C14H20O3/c1-11-13(10-15)4-5-14(17-11)9-12-3-2-7-16-8-6-12/h5,10,12H,2-4,6-9H2,1H3. The normalized spacial score (nSPS) is 25.9. The van der Waals surface area contributed by atoms with Crippen LogP contribution in [-0.4, -0.2) is 19.5 Å². The lowest BCUT2D eigenvalue weighted by molar-refractivity contribution is -0.105. The third-order valence-electron chi connectivity index (χ3n) is 3.49. The number of aldehydes is 1. The summed E-state index contributed by atoms with van der Waals surface area (Å²) in [5.41, 5.74) is 0.762. The summed E-state index contributed by atoms with van der Waals surface area (Å²) in [6, 6.07) is 0. The van der Waals surface area contributed by atoms with Gasteiger partial charge in [0, 0.05) is 31.6 Å². The van der Waals surface area contributed by atoms with E-state index < -0.39 is 0 Å². The lowest BCUT2D eigenvalue weighted by Crippen LogP contribution is -2.08. The van der Waals surface area contributed by atoms with E-state index in [2.05, 4.69) is 0 Å². The maximum Gasteiger partial charge on any atom is 0.149 e. The maximum atomic E-state index is 10.7. The molecule has 1 saturated heterocycles. The second-order valence-corrected chi connectivity index (χ2v) is 4.79. The lowest BCUT2D eigenvalue weighted by atomic mass is 9.95. The number of rotatable bonds is 3. The number of ether oxygens (including phenoxy) is 2. The monoisotopic (exact) mass is 236 g/mol. The third kappa shape index (κ3) is 3.43. The van der Waals surface area contributed by atoms with Gasteiger partial charge in [0.2, 0.25) is 0 Å². The fourth-order valence-electron chi connectivity index (χ4n) is 2.39. The summed E-state index contributed by atoms with van der Waals surface area (Å²) >= 11 is 0. The van der Waals surface area contributed by atoms with Gasteiger partial charge in [-0.15, -0.1) is 0 Å². The molecule has 0 aromatic carbocycles. The third-order valence-corrected chi connectivity index (χ3v) is 3.49. The Balaban J connectivity index is 1.88. The van der Waals surface area contributed by atoms with Crippen LogP contribution in [0.4, 0.5) is 0 Å². The Bertz CT molecular complexity index is 333. The molecule has 0 saturated carbocycles. The Kier molecular flexibility index (Phi) is 4.37. The minimum Gasteiger partial charge on any atom is -0.466 e. The van der Waals surface area contributed by atoms with E-state index >= 15 is 0 Å². The van der Waals surface area contributed by atoms with Crippen LogP contribution in [0.1, 0.15) is 39.0 Å². The summed E-state index contributed by atoms with van der Waals surface area (Å²) in [4.78, 5) is 10.7. The average Bonchev–Trinajstić information content (AvgIpc) is 2.58. The molecule has 2 aliphatic rings. The van der Waals surface area contributed by atoms with E-state index in [4.69, 9.17) is 9.47 Å². The highest BCUT2D eigenvalue weighted by Gasteiger charge is 2.18. The van der Waals surface area contributed by atoms with Gasteiger partial charge in [0.05, 0.1) is 0 Å². The van der Waals surface area contributed by atoms with Crippen LogP contribution in [-0.2, 0) is 14.3 Å². The van der Waals surface area contributed by atoms with Gasteiger partial charge >= 0.3 is 0 Å². The van der Waals surface area contributed by atoms with Crippen LogP contribution in [0.2, 0.25) is 0 Å². The molecule has 3 nitrogen and oxygen atoms in total. The van der Waals surface area contributed by atoms with Gasteiger partial charge in [-0.05, 0) is 38.2 Å². The van der Waals surface area contributed by atoms with Crippen molar-refractivity contribution in [1.29, 1.82) is 0 Å². The number of carbonyl (C=O) groups is 1. The van der Waals surface area contributed by atoms with Crippen molar-refractivity contribution in [2.75, 3.05) is 13.2 Å². The van der Waals surface area contributed by atoms with Crippen molar-refractivity contribution >= 4 is 6.29 Å². The van der Waals surface area contributed by atoms with Gasteiger partial charge in [0.15, 0.2) is 0 Å². The van der Waals surface area contributed by atoms with Crippen molar-refractivity contribution in [3.05, 3.63) is 23.2 Å². The van der Waals surface area contributed by atoms with Crippen molar-refractivity contribution in [2.45, 2.75) is 39.0 Å². The maximum absolute atomic E-state index is 10.7. The molecule has 0 radical (unpaired) electrons. The zero-order valence-electron chi connectivity index (χ0n) is 10.4. The van der Waals surface area contributed by atoms with Crippen LogP contribution in [0.5, 0.6) is 0 Å². The zero-order chi connectivity index (χ0) is 12.1. The molecule has 1 unspecified atom stereocenters. The first-order chi connectivity index (χ1) is 8.29. The topological polar surface area (TPSA) is 35.5 Å². The molecular weight excluding hydrogens is 216 g/mol. The van der Waals surface area contributed by atoms with Gasteiger partial charge in [-0.1, -0.05) is 0 Å². The van der Waals surface area contributed by atoms with Crippen molar-refractivity contribution in [3.8, 4) is 0 Å². The van der Waals surface area contributed by atoms with Crippen LogP contribution in [0.15, 0.2) is 23.2 Å². The summed E-state index contributed by atoms with van der Waals surface area (Å²) < 4.78 is 11.2. The summed E-state index contributed by atoms with van der Waals surface area (Å²) in [6.45, 7) is 3.63. The largest absolute Gasteiger partial charge is 0.466 e. The predicted molar refractivity (Wildman–Crippen MR) is 65.3 cm³/mol. The predicted octanol–water partition coefficient (Wildman–Crippen LogP) is 2.97. The molecule has 1 atom stereocenters. The van der Waals surface area contributed by atoms with Crippen molar-refractivity contribution in [1.82, 2.24) is 0 Å².